The molecule has 102 valence electrons. The molecule has 0 saturated carbocycles. The van der Waals surface area contributed by atoms with Crippen LogP contribution in [0.5, 0.6) is 0 Å². The summed E-state index contributed by atoms with van der Waals surface area (Å²) in [7, 11) is -3.65. The van der Waals surface area contributed by atoms with Crippen molar-refractivity contribution in [1.29, 1.82) is 0 Å². The van der Waals surface area contributed by atoms with Crippen LogP contribution in [0.4, 0.5) is 5.82 Å². The van der Waals surface area contributed by atoms with E-state index in [9.17, 15) is 8.42 Å². The molecule has 0 aromatic carbocycles. The number of sulfonamides is 1. The number of aromatic nitrogens is 1. The Bertz CT molecular complexity index is 698. The molecule has 2 heterocycles. The van der Waals surface area contributed by atoms with Crippen LogP contribution in [0.15, 0.2) is 32.4 Å². The zero-order valence-corrected chi connectivity index (χ0v) is 13.1. The van der Waals surface area contributed by atoms with Crippen molar-refractivity contribution in [3.8, 4) is 0 Å². The largest absolute Gasteiger partial charge is 0.392 e. The van der Waals surface area contributed by atoms with Crippen LogP contribution in [-0.4, -0.2) is 18.5 Å². The summed E-state index contributed by atoms with van der Waals surface area (Å²) in [6, 6.07) is 3.08. The molecule has 0 fully saturated rings. The van der Waals surface area contributed by atoms with E-state index < -0.39 is 10.0 Å². The van der Waals surface area contributed by atoms with E-state index in [-0.39, 0.29) is 16.6 Å². The van der Waals surface area contributed by atoms with E-state index in [2.05, 4.69) is 25.6 Å². The van der Waals surface area contributed by atoms with Gasteiger partial charge in [-0.2, -0.15) is 0 Å². The number of aryl methyl sites for hydroxylation is 1. The van der Waals surface area contributed by atoms with Crippen LogP contribution in [-0.2, 0) is 16.6 Å². The first-order valence-corrected chi connectivity index (χ1v) is 8.41. The fraction of sp³-hybridized carbons (Fsp3) is 0.182. The Morgan fingerprint density at radius 1 is 1.47 bits per heavy atom. The maximum Gasteiger partial charge on any atom is 0.272 e. The number of nitrogens with zero attached hydrogens (tertiary/aromatic N) is 1. The molecule has 0 aliphatic heterocycles. The SMILES string of the molecule is Cc1cc(NS(=O)(=O)c2cc(CO)cs2)ncc1Br. The normalized spacial score (nSPS) is 11.5. The first kappa shape index (κ1) is 14.4. The van der Waals surface area contributed by atoms with E-state index >= 15 is 0 Å². The van der Waals surface area contributed by atoms with Crippen molar-refractivity contribution in [2.75, 3.05) is 4.72 Å². The lowest BCUT2D eigenvalue weighted by Crippen LogP contribution is -2.12. The molecule has 2 aromatic rings. The Morgan fingerprint density at radius 2 is 2.21 bits per heavy atom. The zero-order valence-electron chi connectivity index (χ0n) is 9.92. The monoisotopic (exact) mass is 362 g/mol. The number of pyridine rings is 1. The summed E-state index contributed by atoms with van der Waals surface area (Å²) in [6.07, 6.45) is 1.54. The molecule has 0 aliphatic carbocycles. The van der Waals surface area contributed by atoms with Crippen LogP contribution in [0.25, 0.3) is 0 Å². The van der Waals surface area contributed by atoms with E-state index in [0.717, 1.165) is 21.4 Å². The summed E-state index contributed by atoms with van der Waals surface area (Å²) in [5.74, 6) is 0.264. The third-order valence-electron chi connectivity index (χ3n) is 2.36. The second kappa shape index (κ2) is 5.58. The maximum atomic E-state index is 12.1. The molecule has 0 spiro atoms. The summed E-state index contributed by atoms with van der Waals surface area (Å²) in [5, 5.41) is 10.6. The molecule has 2 rings (SSSR count). The number of rotatable bonds is 4. The first-order chi connectivity index (χ1) is 8.92. The van der Waals surface area contributed by atoms with Crippen LogP contribution in [0.2, 0.25) is 0 Å². The fourth-order valence-corrected chi connectivity index (χ4v) is 3.78. The smallest absolute Gasteiger partial charge is 0.272 e. The molecule has 2 N–H and O–H groups in total. The van der Waals surface area contributed by atoms with Gasteiger partial charge in [-0.05, 0) is 51.5 Å². The molecule has 0 aliphatic rings. The lowest BCUT2D eigenvalue weighted by molar-refractivity contribution is 0.282. The Hall–Kier alpha value is -0.960. The minimum absolute atomic E-state index is 0.152. The van der Waals surface area contributed by atoms with Crippen molar-refractivity contribution < 1.29 is 13.5 Å². The van der Waals surface area contributed by atoms with Gasteiger partial charge in [0.2, 0.25) is 0 Å². The topological polar surface area (TPSA) is 79.3 Å². The van der Waals surface area contributed by atoms with Gasteiger partial charge in [0.15, 0.2) is 0 Å². The first-order valence-electron chi connectivity index (χ1n) is 5.25. The molecule has 0 unspecified atom stereocenters. The number of halogens is 1. The predicted octanol–water partition coefficient (Wildman–Crippen LogP) is 2.51. The zero-order chi connectivity index (χ0) is 14.0. The van der Waals surface area contributed by atoms with Crippen LogP contribution in [0.3, 0.4) is 0 Å². The molecule has 2 aromatic heterocycles. The highest BCUT2D eigenvalue weighted by atomic mass is 79.9. The average molecular weight is 363 g/mol. The van der Waals surface area contributed by atoms with Gasteiger partial charge in [0.05, 0.1) is 6.61 Å². The standard InChI is InChI=1S/C11H11BrN2O3S2/c1-7-2-10(13-4-9(7)12)14-19(16,17)11-3-8(5-15)6-18-11/h2-4,6,15H,5H2,1H3,(H,13,14). The van der Waals surface area contributed by atoms with E-state index in [1.807, 2.05) is 6.92 Å². The summed E-state index contributed by atoms with van der Waals surface area (Å²) in [6.45, 7) is 1.67. The number of hydrogen-bond donors (Lipinski definition) is 2. The van der Waals surface area contributed by atoms with Gasteiger partial charge in [0.1, 0.15) is 10.0 Å². The highest BCUT2D eigenvalue weighted by molar-refractivity contribution is 9.10. The minimum Gasteiger partial charge on any atom is -0.392 e. The van der Waals surface area contributed by atoms with Crippen molar-refractivity contribution >= 4 is 43.1 Å². The molecule has 0 amide bonds. The predicted molar refractivity (Wildman–Crippen MR) is 77.7 cm³/mol. The summed E-state index contributed by atoms with van der Waals surface area (Å²) >= 11 is 4.36. The lowest BCUT2D eigenvalue weighted by atomic mass is 10.3. The van der Waals surface area contributed by atoms with Crippen molar-refractivity contribution in [1.82, 2.24) is 4.98 Å². The Labute approximate surface area is 123 Å². The van der Waals surface area contributed by atoms with Gasteiger partial charge in [0, 0.05) is 10.7 Å². The lowest BCUT2D eigenvalue weighted by Gasteiger charge is -2.06. The molecule has 8 heteroatoms. The van der Waals surface area contributed by atoms with Gasteiger partial charge in [-0.15, -0.1) is 11.3 Å². The van der Waals surface area contributed by atoms with Gasteiger partial charge in [-0.1, -0.05) is 0 Å². The van der Waals surface area contributed by atoms with Crippen molar-refractivity contribution in [2.24, 2.45) is 0 Å². The summed E-state index contributed by atoms with van der Waals surface area (Å²) in [5.41, 5.74) is 1.46. The Morgan fingerprint density at radius 3 is 2.79 bits per heavy atom. The van der Waals surface area contributed by atoms with E-state index in [1.54, 1.807) is 17.6 Å². The number of aliphatic hydroxyl groups excluding tert-OH is 1. The van der Waals surface area contributed by atoms with Crippen LogP contribution >= 0.6 is 27.3 Å². The van der Waals surface area contributed by atoms with Gasteiger partial charge in [-0.25, -0.2) is 13.4 Å². The van der Waals surface area contributed by atoms with Crippen molar-refractivity contribution in [2.45, 2.75) is 17.7 Å². The van der Waals surface area contributed by atoms with E-state index in [0.29, 0.717) is 5.56 Å². The van der Waals surface area contributed by atoms with Crippen LogP contribution in [0, 0.1) is 6.92 Å². The molecular formula is C11H11BrN2O3S2. The van der Waals surface area contributed by atoms with Crippen LogP contribution in [0.1, 0.15) is 11.1 Å². The molecule has 0 radical (unpaired) electrons. The van der Waals surface area contributed by atoms with Crippen molar-refractivity contribution in [3.63, 3.8) is 0 Å². The van der Waals surface area contributed by atoms with Gasteiger partial charge < -0.3 is 5.11 Å². The third kappa shape index (κ3) is 3.33. The quantitative estimate of drug-likeness (QED) is 0.875. The number of nitrogens with one attached hydrogen (secondary N) is 1. The second-order valence-electron chi connectivity index (χ2n) is 3.86. The molecule has 0 saturated heterocycles. The van der Waals surface area contributed by atoms with Gasteiger partial charge in [0.25, 0.3) is 10.0 Å². The van der Waals surface area contributed by atoms with Crippen molar-refractivity contribution in [3.05, 3.63) is 39.3 Å². The Balaban J connectivity index is 2.28. The van der Waals surface area contributed by atoms with E-state index in [4.69, 9.17) is 5.11 Å². The van der Waals surface area contributed by atoms with Crippen LogP contribution < -0.4 is 4.72 Å². The highest BCUT2D eigenvalue weighted by Crippen LogP contribution is 2.24. The molecular weight excluding hydrogens is 352 g/mol. The van der Waals surface area contributed by atoms with E-state index in [1.165, 1.54) is 6.07 Å². The Kier molecular flexibility index (Phi) is 4.24. The minimum atomic E-state index is -3.65. The second-order valence-corrected chi connectivity index (χ2v) is 7.53. The third-order valence-corrected chi connectivity index (χ3v) is 6.04. The number of thiophene rings is 1. The molecule has 0 bridgehead atoms. The summed E-state index contributed by atoms with van der Waals surface area (Å²) in [4.78, 5) is 3.99. The number of hydrogen-bond acceptors (Lipinski definition) is 5. The molecule has 0 atom stereocenters. The average Bonchev–Trinajstić information content (AvgIpc) is 2.83. The highest BCUT2D eigenvalue weighted by Gasteiger charge is 2.17. The summed E-state index contributed by atoms with van der Waals surface area (Å²) < 4.78 is 27.6. The molecule has 19 heavy (non-hydrogen) atoms. The number of aliphatic hydroxyl groups is 1. The van der Waals surface area contributed by atoms with Gasteiger partial charge >= 0.3 is 0 Å². The fourth-order valence-electron chi connectivity index (χ4n) is 1.36. The molecule has 5 nitrogen and oxygen atoms in total. The van der Waals surface area contributed by atoms with Gasteiger partial charge in [-0.3, -0.25) is 4.72 Å². The number of anilines is 1. The maximum absolute atomic E-state index is 12.1.